The molecule has 0 saturated carbocycles. The second kappa shape index (κ2) is 8.70. The number of nitrogens with zero attached hydrogens (tertiary/aromatic N) is 3. The smallest absolute Gasteiger partial charge is 0.253 e. The number of hydrogen-bond donors (Lipinski definition) is 0. The lowest BCUT2D eigenvalue weighted by Gasteiger charge is -2.25. The van der Waals surface area contributed by atoms with Gasteiger partial charge in [0.1, 0.15) is 0 Å². The van der Waals surface area contributed by atoms with Gasteiger partial charge >= 0.3 is 0 Å². The third-order valence-electron chi connectivity index (χ3n) is 5.39. The monoisotopic (exact) mass is 425 g/mol. The molecule has 1 unspecified atom stereocenters. The molecule has 0 aliphatic carbocycles. The van der Waals surface area contributed by atoms with Gasteiger partial charge in [0, 0.05) is 50.7 Å². The molecule has 0 bridgehead atoms. The summed E-state index contributed by atoms with van der Waals surface area (Å²) < 4.78 is 0. The van der Waals surface area contributed by atoms with Gasteiger partial charge in [0.2, 0.25) is 11.8 Å². The Kier molecular flexibility index (Phi) is 6.50. The quantitative estimate of drug-likeness (QED) is 0.747. The van der Waals surface area contributed by atoms with Crippen molar-refractivity contribution in [3.8, 4) is 0 Å². The maximum atomic E-state index is 12.9. The lowest BCUT2D eigenvalue weighted by Crippen LogP contribution is -2.41. The van der Waals surface area contributed by atoms with Crippen LogP contribution in [0.15, 0.2) is 18.2 Å². The number of carbonyl (C=O) groups excluding carboxylic acids is 3. The summed E-state index contributed by atoms with van der Waals surface area (Å²) in [5.41, 5.74) is 0.489. The van der Waals surface area contributed by atoms with Crippen LogP contribution in [0.2, 0.25) is 10.0 Å². The van der Waals surface area contributed by atoms with Crippen LogP contribution in [0.3, 0.4) is 0 Å². The lowest BCUT2D eigenvalue weighted by molar-refractivity contribution is -0.135. The van der Waals surface area contributed by atoms with Crippen LogP contribution in [0.5, 0.6) is 0 Å². The van der Waals surface area contributed by atoms with Crippen LogP contribution in [0.1, 0.15) is 37.0 Å². The highest BCUT2D eigenvalue weighted by molar-refractivity contribution is 6.42. The topological polar surface area (TPSA) is 60.9 Å². The summed E-state index contributed by atoms with van der Waals surface area (Å²) in [6.07, 6.45) is 0.979. The van der Waals surface area contributed by atoms with Gasteiger partial charge in [0.15, 0.2) is 0 Å². The van der Waals surface area contributed by atoms with Crippen LogP contribution in [-0.4, -0.2) is 71.2 Å². The highest BCUT2D eigenvalue weighted by atomic mass is 35.5. The van der Waals surface area contributed by atoms with E-state index in [1.54, 1.807) is 32.9 Å². The van der Waals surface area contributed by atoms with E-state index in [-0.39, 0.29) is 36.1 Å². The molecule has 1 aromatic rings. The first-order chi connectivity index (χ1) is 13.3. The minimum Gasteiger partial charge on any atom is -0.341 e. The molecule has 0 radical (unpaired) electrons. The zero-order valence-electron chi connectivity index (χ0n) is 16.2. The number of hydrogen-bond acceptors (Lipinski definition) is 3. The van der Waals surface area contributed by atoms with Gasteiger partial charge in [0.25, 0.3) is 5.91 Å². The molecular formula is C20H25Cl2N3O3. The van der Waals surface area contributed by atoms with E-state index < -0.39 is 0 Å². The maximum Gasteiger partial charge on any atom is 0.253 e. The van der Waals surface area contributed by atoms with Crippen molar-refractivity contribution in [2.75, 3.05) is 32.7 Å². The van der Waals surface area contributed by atoms with Crippen molar-refractivity contribution < 1.29 is 14.4 Å². The predicted octanol–water partition coefficient (Wildman–Crippen LogP) is 2.92. The lowest BCUT2D eigenvalue weighted by atomic mass is 10.1. The van der Waals surface area contributed by atoms with E-state index >= 15 is 0 Å². The van der Waals surface area contributed by atoms with Crippen molar-refractivity contribution in [1.29, 1.82) is 0 Å². The zero-order valence-corrected chi connectivity index (χ0v) is 17.7. The molecule has 0 aromatic heterocycles. The first-order valence-electron chi connectivity index (χ1n) is 9.60. The standard InChI is InChI=1S/C20H25Cl2N3O3/c1-13(2)25-12-15(11-18(25)26)20(28)24-7-3-6-23(8-9-24)19(27)14-4-5-16(21)17(22)10-14/h4-5,10,13,15H,3,6-9,11-12H2,1-2H3. The molecule has 0 N–H and O–H groups in total. The molecule has 152 valence electrons. The molecule has 1 aromatic carbocycles. The van der Waals surface area contributed by atoms with Gasteiger partial charge in [-0.2, -0.15) is 0 Å². The largest absolute Gasteiger partial charge is 0.341 e. The van der Waals surface area contributed by atoms with Crippen molar-refractivity contribution in [2.24, 2.45) is 5.92 Å². The molecular weight excluding hydrogens is 401 g/mol. The fourth-order valence-corrected chi connectivity index (χ4v) is 4.11. The molecule has 2 aliphatic heterocycles. The fraction of sp³-hybridized carbons (Fsp3) is 0.550. The summed E-state index contributed by atoms with van der Waals surface area (Å²) in [6, 6.07) is 4.95. The van der Waals surface area contributed by atoms with Gasteiger partial charge in [-0.15, -0.1) is 0 Å². The first-order valence-corrected chi connectivity index (χ1v) is 10.4. The first kappa shape index (κ1) is 20.9. The van der Waals surface area contributed by atoms with Crippen LogP contribution < -0.4 is 0 Å². The summed E-state index contributed by atoms with van der Waals surface area (Å²) in [5.74, 6) is -0.345. The van der Waals surface area contributed by atoms with E-state index in [2.05, 4.69) is 0 Å². The molecule has 3 amide bonds. The SMILES string of the molecule is CC(C)N1CC(C(=O)N2CCCN(C(=O)c3ccc(Cl)c(Cl)c3)CC2)CC1=O. The Morgan fingerprint density at radius 1 is 1.04 bits per heavy atom. The molecule has 28 heavy (non-hydrogen) atoms. The minimum absolute atomic E-state index is 0.0142. The normalized spacial score (nSPS) is 20.7. The minimum atomic E-state index is -0.285. The highest BCUT2D eigenvalue weighted by Gasteiger charge is 2.38. The maximum absolute atomic E-state index is 12.9. The zero-order chi connectivity index (χ0) is 20.4. The van der Waals surface area contributed by atoms with E-state index in [0.29, 0.717) is 54.8 Å². The molecule has 8 heteroatoms. The molecule has 3 rings (SSSR count). The highest BCUT2D eigenvalue weighted by Crippen LogP contribution is 2.25. The van der Waals surface area contributed by atoms with Crippen molar-refractivity contribution in [3.63, 3.8) is 0 Å². The van der Waals surface area contributed by atoms with Crippen LogP contribution in [0.4, 0.5) is 0 Å². The van der Waals surface area contributed by atoms with Crippen molar-refractivity contribution in [1.82, 2.24) is 14.7 Å². The summed E-state index contributed by atoms with van der Waals surface area (Å²) in [7, 11) is 0. The Morgan fingerprint density at radius 2 is 1.71 bits per heavy atom. The summed E-state index contributed by atoms with van der Waals surface area (Å²) in [4.78, 5) is 43.1. The Hall–Kier alpha value is -1.79. The number of amides is 3. The number of carbonyl (C=O) groups is 3. The van der Waals surface area contributed by atoms with Crippen LogP contribution in [0.25, 0.3) is 0 Å². The van der Waals surface area contributed by atoms with Gasteiger partial charge in [-0.05, 0) is 38.5 Å². The second-order valence-corrected chi connectivity index (χ2v) is 8.46. The average Bonchev–Trinajstić information content (AvgIpc) is 2.89. The second-order valence-electron chi connectivity index (χ2n) is 7.64. The van der Waals surface area contributed by atoms with Gasteiger partial charge in [0.05, 0.1) is 16.0 Å². The average molecular weight is 426 g/mol. The van der Waals surface area contributed by atoms with Crippen molar-refractivity contribution in [2.45, 2.75) is 32.7 Å². The van der Waals surface area contributed by atoms with Gasteiger partial charge in [-0.1, -0.05) is 23.2 Å². The number of likely N-dealkylation sites (tertiary alicyclic amines) is 1. The Bertz CT molecular complexity index is 784. The van der Waals surface area contributed by atoms with E-state index in [0.717, 1.165) is 0 Å². The van der Waals surface area contributed by atoms with Gasteiger partial charge in [-0.25, -0.2) is 0 Å². The van der Waals surface area contributed by atoms with Gasteiger partial charge < -0.3 is 14.7 Å². The molecule has 2 heterocycles. The summed E-state index contributed by atoms with van der Waals surface area (Å²) >= 11 is 12.0. The van der Waals surface area contributed by atoms with E-state index in [4.69, 9.17) is 23.2 Å². The molecule has 2 aliphatic rings. The number of rotatable bonds is 3. The van der Waals surface area contributed by atoms with Crippen LogP contribution in [-0.2, 0) is 9.59 Å². The predicted molar refractivity (Wildman–Crippen MR) is 109 cm³/mol. The number of benzene rings is 1. The van der Waals surface area contributed by atoms with E-state index in [1.165, 1.54) is 0 Å². The summed E-state index contributed by atoms with van der Waals surface area (Å²) in [6.45, 7) is 6.50. The van der Waals surface area contributed by atoms with E-state index in [9.17, 15) is 14.4 Å². The van der Waals surface area contributed by atoms with Crippen LogP contribution in [0, 0.1) is 5.92 Å². The van der Waals surface area contributed by atoms with Crippen molar-refractivity contribution in [3.05, 3.63) is 33.8 Å². The van der Waals surface area contributed by atoms with Crippen LogP contribution >= 0.6 is 23.2 Å². The van der Waals surface area contributed by atoms with Crippen molar-refractivity contribution >= 4 is 40.9 Å². The Labute approximate surface area is 175 Å². The van der Waals surface area contributed by atoms with E-state index in [1.807, 2.05) is 13.8 Å². The summed E-state index contributed by atoms with van der Waals surface area (Å²) in [5, 5.41) is 0.757. The molecule has 2 saturated heterocycles. The fourth-order valence-electron chi connectivity index (χ4n) is 3.81. The molecule has 1 atom stereocenters. The number of halogens is 2. The third-order valence-corrected chi connectivity index (χ3v) is 6.13. The Morgan fingerprint density at radius 3 is 2.36 bits per heavy atom. The van der Waals surface area contributed by atoms with Gasteiger partial charge in [-0.3, -0.25) is 14.4 Å². The third kappa shape index (κ3) is 4.44. The molecule has 6 nitrogen and oxygen atoms in total. The Balaban J connectivity index is 1.61. The molecule has 0 spiro atoms. The molecule has 2 fully saturated rings.